The number of hydrogen-bond acceptors (Lipinski definition) is 3. The lowest BCUT2D eigenvalue weighted by atomic mass is 10.1. The van der Waals surface area contributed by atoms with Crippen LogP contribution in [0.5, 0.6) is 0 Å². The molecule has 2 N–H and O–H groups in total. The standard InChI is InChI=1S/C13H18N2O/c1-2-12(9-14)15-13(10-16)8-11-6-4-3-5-7-11/h3-7,12-13,15-16H,2,8,10H2,1H3. The van der Waals surface area contributed by atoms with Gasteiger partial charge in [-0.2, -0.15) is 5.26 Å². The Morgan fingerprint density at radius 3 is 2.56 bits per heavy atom. The molecular formula is C13H18N2O. The SMILES string of the molecule is CCC(C#N)NC(CO)Cc1ccccc1. The van der Waals surface area contributed by atoms with E-state index in [9.17, 15) is 5.11 Å². The molecule has 86 valence electrons. The number of benzene rings is 1. The van der Waals surface area contributed by atoms with Crippen LogP contribution in [0.2, 0.25) is 0 Å². The zero-order chi connectivity index (χ0) is 11.8. The van der Waals surface area contributed by atoms with Crippen molar-refractivity contribution >= 4 is 0 Å². The summed E-state index contributed by atoms with van der Waals surface area (Å²) in [7, 11) is 0. The Balaban J connectivity index is 2.53. The van der Waals surface area contributed by atoms with E-state index in [1.54, 1.807) is 0 Å². The average molecular weight is 218 g/mol. The summed E-state index contributed by atoms with van der Waals surface area (Å²) >= 11 is 0. The smallest absolute Gasteiger partial charge is 0.0953 e. The van der Waals surface area contributed by atoms with Crippen LogP contribution < -0.4 is 5.32 Å². The third kappa shape index (κ3) is 4.01. The van der Waals surface area contributed by atoms with E-state index in [0.717, 1.165) is 12.8 Å². The van der Waals surface area contributed by atoms with Gasteiger partial charge in [-0.3, -0.25) is 5.32 Å². The van der Waals surface area contributed by atoms with Gasteiger partial charge in [-0.1, -0.05) is 37.3 Å². The molecule has 0 spiro atoms. The molecule has 0 heterocycles. The van der Waals surface area contributed by atoms with Crippen molar-refractivity contribution in [1.29, 1.82) is 5.26 Å². The normalized spacial score (nSPS) is 14.1. The van der Waals surface area contributed by atoms with E-state index in [1.807, 2.05) is 37.3 Å². The van der Waals surface area contributed by atoms with Crippen LogP contribution >= 0.6 is 0 Å². The summed E-state index contributed by atoms with van der Waals surface area (Å²) in [6.45, 7) is 2.00. The largest absolute Gasteiger partial charge is 0.395 e. The highest BCUT2D eigenvalue weighted by atomic mass is 16.3. The van der Waals surface area contributed by atoms with Crippen LogP contribution in [0.15, 0.2) is 30.3 Å². The van der Waals surface area contributed by atoms with Crippen molar-refractivity contribution in [3.63, 3.8) is 0 Å². The van der Waals surface area contributed by atoms with Gasteiger partial charge < -0.3 is 5.11 Å². The van der Waals surface area contributed by atoms with Crippen LogP contribution in [0, 0.1) is 11.3 Å². The van der Waals surface area contributed by atoms with Gasteiger partial charge in [0, 0.05) is 6.04 Å². The average Bonchev–Trinajstić information content (AvgIpc) is 2.35. The van der Waals surface area contributed by atoms with E-state index in [2.05, 4.69) is 11.4 Å². The minimum atomic E-state index is -0.180. The molecule has 0 fully saturated rings. The molecular weight excluding hydrogens is 200 g/mol. The number of hydrogen-bond donors (Lipinski definition) is 2. The minimum absolute atomic E-state index is 0.0487. The molecule has 0 radical (unpaired) electrons. The van der Waals surface area contributed by atoms with Crippen molar-refractivity contribution in [1.82, 2.24) is 5.32 Å². The summed E-state index contributed by atoms with van der Waals surface area (Å²) < 4.78 is 0. The van der Waals surface area contributed by atoms with Crippen LogP contribution in [-0.4, -0.2) is 23.8 Å². The topological polar surface area (TPSA) is 56.0 Å². The van der Waals surface area contributed by atoms with Crippen molar-refractivity contribution in [3.05, 3.63) is 35.9 Å². The summed E-state index contributed by atoms with van der Waals surface area (Å²) in [5, 5.41) is 21.2. The third-order valence-corrected chi connectivity index (χ3v) is 2.55. The maximum absolute atomic E-state index is 9.26. The van der Waals surface area contributed by atoms with E-state index < -0.39 is 0 Å². The molecule has 0 saturated carbocycles. The van der Waals surface area contributed by atoms with Crippen LogP contribution in [0.1, 0.15) is 18.9 Å². The summed E-state index contributed by atoms with van der Waals surface area (Å²) in [4.78, 5) is 0. The molecule has 3 heteroatoms. The molecule has 3 nitrogen and oxygen atoms in total. The third-order valence-electron chi connectivity index (χ3n) is 2.55. The highest BCUT2D eigenvalue weighted by Crippen LogP contribution is 2.04. The number of rotatable bonds is 6. The number of nitrogens with one attached hydrogen (secondary N) is 1. The molecule has 0 saturated heterocycles. The van der Waals surface area contributed by atoms with E-state index in [4.69, 9.17) is 5.26 Å². The molecule has 0 aliphatic heterocycles. The Hall–Kier alpha value is -1.37. The van der Waals surface area contributed by atoms with Gasteiger partial charge in [0.25, 0.3) is 0 Å². The monoisotopic (exact) mass is 218 g/mol. The number of aliphatic hydroxyl groups excluding tert-OH is 1. The molecule has 1 rings (SSSR count). The Labute approximate surface area is 96.7 Å². The first kappa shape index (κ1) is 12.7. The lowest BCUT2D eigenvalue weighted by Crippen LogP contribution is -2.41. The molecule has 2 atom stereocenters. The Bertz CT molecular complexity index is 332. The van der Waals surface area contributed by atoms with Gasteiger partial charge in [0.2, 0.25) is 0 Å². The quantitative estimate of drug-likeness (QED) is 0.760. The summed E-state index contributed by atoms with van der Waals surface area (Å²) in [5.41, 5.74) is 1.17. The maximum Gasteiger partial charge on any atom is 0.0953 e. The van der Waals surface area contributed by atoms with Crippen molar-refractivity contribution in [2.24, 2.45) is 0 Å². The van der Waals surface area contributed by atoms with Gasteiger partial charge >= 0.3 is 0 Å². The predicted molar refractivity (Wildman–Crippen MR) is 63.8 cm³/mol. The van der Waals surface area contributed by atoms with Gasteiger partial charge in [0.15, 0.2) is 0 Å². The first-order chi connectivity index (χ1) is 7.80. The van der Waals surface area contributed by atoms with Gasteiger partial charge in [-0.05, 0) is 18.4 Å². The second-order valence-corrected chi connectivity index (χ2v) is 3.83. The highest BCUT2D eigenvalue weighted by Gasteiger charge is 2.12. The lowest BCUT2D eigenvalue weighted by Gasteiger charge is -2.19. The van der Waals surface area contributed by atoms with Gasteiger partial charge in [-0.25, -0.2) is 0 Å². The molecule has 1 aromatic carbocycles. The molecule has 0 amide bonds. The summed E-state index contributed by atoms with van der Waals surface area (Å²) in [6, 6.07) is 11.9. The second kappa shape index (κ2) is 7.00. The Morgan fingerprint density at radius 2 is 2.06 bits per heavy atom. The zero-order valence-electron chi connectivity index (χ0n) is 9.56. The molecule has 0 bridgehead atoms. The molecule has 1 aromatic rings. The van der Waals surface area contributed by atoms with Crippen LogP contribution in [-0.2, 0) is 6.42 Å². The van der Waals surface area contributed by atoms with Gasteiger partial charge in [-0.15, -0.1) is 0 Å². The van der Waals surface area contributed by atoms with Gasteiger partial charge in [0.05, 0.1) is 18.7 Å². The van der Waals surface area contributed by atoms with Crippen molar-refractivity contribution in [3.8, 4) is 6.07 Å². The first-order valence-corrected chi connectivity index (χ1v) is 5.60. The molecule has 2 unspecified atom stereocenters. The first-order valence-electron chi connectivity index (χ1n) is 5.60. The van der Waals surface area contributed by atoms with Crippen LogP contribution in [0.3, 0.4) is 0 Å². The van der Waals surface area contributed by atoms with Gasteiger partial charge in [0.1, 0.15) is 0 Å². The fourth-order valence-corrected chi connectivity index (χ4v) is 1.61. The second-order valence-electron chi connectivity index (χ2n) is 3.83. The van der Waals surface area contributed by atoms with E-state index in [-0.39, 0.29) is 18.7 Å². The number of nitrogens with zero attached hydrogens (tertiary/aromatic N) is 1. The Kier molecular flexibility index (Phi) is 5.55. The molecule has 0 aromatic heterocycles. The van der Waals surface area contributed by atoms with Crippen LogP contribution in [0.25, 0.3) is 0 Å². The fourth-order valence-electron chi connectivity index (χ4n) is 1.61. The summed E-state index contributed by atoms with van der Waals surface area (Å²) in [5.74, 6) is 0. The molecule has 0 aliphatic carbocycles. The maximum atomic E-state index is 9.26. The predicted octanol–water partition coefficient (Wildman–Crippen LogP) is 1.48. The molecule has 0 aliphatic rings. The lowest BCUT2D eigenvalue weighted by molar-refractivity contribution is 0.235. The van der Waals surface area contributed by atoms with Crippen molar-refractivity contribution in [2.45, 2.75) is 31.8 Å². The number of nitriles is 1. The summed E-state index contributed by atoms with van der Waals surface area (Å²) in [6.07, 6.45) is 1.50. The Morgan fingerprint density at radius 1 is 1.38 bits per heavy atom. The van der Waals surface area contributed by atoms with E-state index >= 15 is 0 Å². The van der Waals surface area contributed by atoms with E-state index in [0.29, 0.717) is 0 Å². The zero-order valence-corrected chi connectivity index (χ0v) is 9.56. The fraction of sp³-hybridized carbons (Fsp3) is 0.462. The van der Waals surface area contributed by atoms with Crippen molar-refractivity contribution < 1.29 is 5.11 Å². The molecule has 16 heavy (non-hydrogen) atoms. The van der Waals surface area contributed by atoms with E-state index in [1.165, 1.54) is 5.56 Å². The number of aliphatic hydroxyl groups is 1. The highest BCUT2D eigenvalue weighted by molar-refractivity contribution is 5.16. The van der Waals surface area contributed by atoms with Crippen LogP contribution in [0.4, 0.5) is 0 Å². The van der Waals surface area contributed by atoms with Crippen molar-refractivity contribution in [2.75, 3.05) is 6.61 Å². The minimum Gasteiger partial charge on any atom is -0.395 e.